The third-order valence-corrected chi connectivity index (χ3v) is 2.81. The normalized spacial score (nSPS) is 10.1. The first-order valence-corrected chi connectivity index (χ1v) is 6.38. The molecule has 94 valence electrons. The molecular weight excluding hydrogens is 258 g/mol. The number of methoxy groups -OCH3 is 1. The molecule has 1 amide bonds. The second kappa shape index (κ2) is 7.45. The Morgan fingerprint density at radius 2 is 2.29 bits per heavy atom. The van der Waals surface area contributed by atoms with Crippen molar-refractivity contribution in [1.29, 1.82) is 0 Å². The standard InChI is InChI=1S/C12H16ClNO2S/c1-16-11-4-2-9(8-10(11)13)3-5-12(15)14-6-7-17/h2,4,8,17H,3,5-7H2,1H3,(H,14,15). The van der Waals surface area contributed by atoms with Gasteiger partial charge in [-0.2, -0.15) is 12.6 Å². The van der Waals surface area contributed by atoms with Crippen molar-refractivity contribution in [1.82, 2.24) is 5.32 Å². The van der Waals surface area contributed by atoms with Crippen LogP contribution in [0, 0.1) is 0 Å². The molecular formula is C12H16ClNO2S. The van der Waals surface area contributed by atoms with Gasteiger partial charge in [-0.25, -0.2) is 0 Å². The number of hydrogen-bond donors (Lipinski definition) is 2. The molecule has 5 heteroatoms. The van der Waals surface area contributed by atoms with Crippen LogP contribution in [-0.2, 0) is 11.2 Å². The first-order chi connectivity index (χ1) is 8.17. The number of benzene rings is 1. The van der Waals surface area contributed by atoms with Gasteiger partial charge < -0.3 is 10.1 Å². The van der Waals surface area contributed by atoms with Crippen molar-refractivity contribution < 1.29 is 9.53 Å². The molecule has 0 atom stereocenters. The zero-order valence-corrected chi connectivity index (χ0v) is 11.4. The van der Waals surface area contributed by atoms with Crippen molar-refractivity contribution in [3.63, 3.8) is 0 Å². The summed E-state index contributed by atoms with van der Waals surface area (Å²) in [6.07, 6.45) is 1.12. The van der Waals surface area contributed by atoms with Crippen molar-refractivity contribution in [3.8, 4) is 5.75 Å². The van der Waals surface area contributed by atoms with Gasteiger partial charge in [-0.3, -0.25) is 4.79 Å². The van der Waals surface area contributed by atoms with Crippen LogP contribution in [0.1, 0.15) is 12.0 Å². The highest BCUT2D eigenvalue weighted by Gasteiger charge is 2.04. The fourth-order valence-electron chi connectivity index (χ4n) is 1.41. The Morgan fingerprint density at radius 1 is 1.53 bits per heavy atom. The van der Waals surface area contributed by atoms with Crippen LogP contribution >= 0.6 is 24.2 Å². The van der Waals surface area contributed by atoms with Crippen LogP contribution in [0.5, 0.6) is 5.75 Å². The second-order valence-corrected chi connectivity index (χ2v) is 4.40. The minimum Gasteiger partial charge on any atom is -0.495 e. The number of carbonyl (C=O) groups is 1. The summed E-state index contributed by atoms with van der Waals surface area (Å²) in [5.41, 5.74) is 1.02. The summed E-state index contributed by atoms with van der Waals surface area (Å²) in [6.45, 7) is 0.602. The first-order valence-electron chi connectivity index (χ1n) is 5.37. The predicted molar refractivity (Wildman–Crippen MR) is 73.2 cm³/mol. The quantitative estimate of drug-likeness (QED) is 0.781. The number of aryl methyl sites for hydroxylation is 1. The Balaban J connectivity index is 2.47. The number of hydrogen-bond acceptors (Lipinski definition) is 3. The zero-order chi connectivity index (χ0) is 12.7. The Morgan fingerprint density at radius 3 is 2.88 bits per heavy atom. The molecule has 1 rings (SSSR count). The molecule has 1 aromatic carbocycles. The molecule has 0 unspecified atom stereocenters. The van der Waals surface area contributed by atoms with E-state index in [-0.39, 0.29) is 5.91 Å². The van der Waals surface area contributed by atoms with Gasteiger partial charge in [0.1, 0.15) is 5.75 Å². The summed E-state index contributed by atoms with van der Waals surface area (Å²) < 4.78 is 5.06. The monoisotopic (exact) mass is 273 g/mol. The summed E-state index contributed by atoms with van der Waals surface area (Å²) in [4.78, 5) is 11.4. The van der Waals surface area contributed by atoms with Gasteiger partial charge >= 0.3 is 0 Å². The highest BCUT2D eigenvalue weighted by Crippen LogP contribution is 2.25. The lowest BCUT2D eigenvalue weighted by Gasteiger charge is -2.06. The molecule has 1 aromatic rings. The molecule has 0 aliphatic heterocycles. The Labute approximate surface area is 112 Å². The van der Waals surface area contributed by atoms with Crippen LogP contribution in [0.15, 0.2) is 18.2 Å². The van der Waals surface area contributed by atoms with E-state index < -0.39 is 0 Å². The molecule has 0 aliphatic carbocycles. The molecule has 0 spiro atoms. The number of rotatable bonds is 6. The van der Waals surface area contributed by atoms with Gasteiger partial charge in [-0.05, 0) is 24.1 Å². The third-order valence-electron chi connectivity index (χ3n) is 2.29. The molecule has 0 aliphatic rings. The van der Waals surface area contributed by atoms with E-state index in [1.54, 1.807) is 7.11 Å². The number of ether oxygens (including phenoxy) is 1. The molecule has 0 fully saturated rings. The van der Waals surface area contributed by atoms with E-state index in [0.717, 1.165) is 5.56 Å². The summed E-state index contributed by atoms with van der Waals surface area (Å²) in [5, 5.41) is 3.34. The topological polar surface area (TPSA) is 38.3 Å². The van der Waals surface area contributed by atoms with E-state index in [4.69, 9.17) is 16.3 Å². The van der Waals surface area contributed by atoms with Crippen LogP contribution in [0.4, 0.5) is 0 Å². The molecule has 17 heavy (non-hydrogen) atoms. The van der Waals surface area contributed by atoms with Crippen LogP contribution in [0.3, 0.4) is 0 Å². The maximum absolute atomic E-state index is 11.4. The molecule has 0 saturated heterocycles. The van der Waals surface area contributed by atoms with Gasteiger partial charge in [0.15, 0.2) is 0 Å². The van der Waals surface area contributed by atoms with E-state index in [1.165, 1.54) is 0 Å². The summed E-state index contributed by atoms with van der Waals surface area (Å²) in [6, 6.07) is 5.55. The van der Waals surface area contributed by atoms with Crippen LogP contribution in [0.25, 0.3) is 0 Å². The van der Waals surface area contributed by atoms with E-state index in [0.29, 0.717) is 35.9 Å². The van der Waals surface area contributed by atoms with Crippen molar-refractivity contribution in [2.24, 2.45) is 0 Å². The smallest absolute Gasteiger partial charge is 0.220 e. The number of thiol groups is 1. The summed E-state index contributed by atoms with van der Waals surface area (Å²) >= 11 is 10.0. The maximum atomic E-state index is 11.4. The van der Waals surface area contributed by atoms with Crippen LogP contribution < -0.4 is 10.1 Å². The van der Waals surface area contributed by atoms with Gasteiger partial charge in [0.25, 0.3) is 0 Å². The summed E-state index contributed by atoms with van der Waals surface area (Å²) in [7, 11) is 1.58. The molecule has 0 radical (unpaired) electrons. The molecule has 0 aromatic heterocycles. The van der Waals surface area contributed by atoms with Crippen molar-refractivity contribution in [2.45, 2.75) is 12.8 Å². The number of nitrogens with one attached hydrogen (secondary N) is 1. The van der Waals surface area contributed by atoms with E-state index >= 15 is 0 Å². The van der Waals surface area contributed by atoms with E-state index in [1.807, 2.05) is 18.2 Å². The van der Waals surface area contributed by atoms with Gasteiger partial charge in [-0.1, -0.05) is 17.7 Å². The molecule has 0 heterocycles. The minimum absolute atomic E-state index is 0.0333. The average molecular weight is 274 g/mol. The predicted octanol–water partition coefficient (Wildman–Crippen LogP) is 2.33. The second-order valence-electron chi connectivity index (χ2n) is 3.54. The number of carbonyl (C=O) groups excluding carboxylic acids is 1. The zero-order valence-electron chi connectivity index (χ0n) is 9.70. The van der Waals surface area contributed by atoms with E-state index in [9.17, 15) is 4.79 Å². The van der Waals surface area contributed by atoms with Gasteiger partial charge in [0.05, 0.1) is 12.1 Å². The number of halogens is 1. The lowest BCUT2D eigenvalue weighted by atomic mass is 10.1. The highest BCUT2D eigenvalue weighted by molar-refractivity contribution is 7.80. The van der Waals surface area contributed by atoms with Crippen molar-refractivity contribution in [2.75, 3.05) is 19.4 Å². The SMILES string of the molecule is COc1ccc(CCC(=O)NCCS)cc1Cl. The minimum atomic E-state index is 0.0333. The third kappa shape index (κ3) is 4.88. The Kier molecular flexibility index (Phi) is 6.22. The summed E-state index contributed by atoms with van der Waals surface area (Å²) in [5.74, 6) is 1.33. The lowest BCUT2D eigenvalue weighted by Crippen LogP contribution is -2.25. The fourth-order valence-corrected chi connectivity index (χ4v) is 1.80. The molecule has 1 N–H and O–H groups in total. The number of amides is 1. The average Bonchev–Trinajstić information content (AvgIpc) is 2.34. The largest absolute Gasteiger partial charge is 0.495 e. The Hall–Kier alpha value is -0.870. The van der Waals surface area contributed by atoms with Crippen molar-refractivity contribution >= 4 is 30.1 Å². The van der Waals surface area contributed by atoms with Crippen LogP contribution in [-0.4, -0.2) is 25.3 Å². The van der Waals surface area contributed by atoms with Crippen molar-refractivity contribution in [3.05, 3.63) is 28.8 Å². The van der Waals surface area contributed by atoms with Gasteiger partial charge in [0.2, 0.25) is 5.91 Å². The molecule has 0 saturated carbocycles. The van der Waals surface area contributed by atoms with Crippen LogP contribution in [0.2, 0.25) is 5.02 Å². The highest BCUT2D eigenvalue weighted by atomic mass is 35.5. The van der Waals surface area contributed by atoms with Gasteiger partial charge in [-0.15, -0.1) is 0 Å². The maximum Gasteiger partial charge on any atom is 0.220 e. The van der Waals surface area contributed by atoms with Gasteiger partial charge in [0, 0.05) is 18.7 Å². The Bertz CT molecular complexity index is 385. The first kappa shape index (κ1) is 14.2. The fraction of sp³-hybridized carbons (Fsp3) is 0.417. The molecule has 0 bridgehead atoms. The van der Waals surface area contributed by atoms with E-state index in [2.05, 4.69) is 17.9 Å². The molecule has 3 nitrogen and oxygen atoms in total. The lowest BCUT2D eigenvalue weighted by molar-refractivity contribution is -0.120.